The first-order chi connectivity index (χ1) is 17.5. The summed E-state index contributed by atoms with van der Waals surface area (Å²) in [5, 5.41) is 11.8. The number of carbonyl (C=O) groups excluding carboxylic acids is 1. The quantitative estimate of drug-likeness (QED) is 0.168. The van der Waals surface area contributed by atoms with E-state index < -0.39 is 4.92 Å². The fourth-order valence-corrected chi connectivity index (χ4v) is 4.65. The number of nitrogens with zero attached hydrogens (tertiary/aromatic N) is 3. The van der Waals surface area contributed by atoms with Gasteiger partial charge in [0, 0.05) is 18.2 Å². The van der Waals surface area contributed by atoms with E-state index >= 15 is 0 Å². The number of furan rings is 1. The van der Waals surface area contributed by atoms with E-state index in [2.05, 4.69) is 0 Å². The van der Waals surface area contributed by atoms with Crippen molar-refractivity contribution in [3.8, 4) is 17.1 Å². The summed E-state index contributed by atoms with van der Waals surface area (Å²) >= 11 is 1.24. The molecule has 4 aromatic rings. The minimum absolute atomic E-state index is 0.0797. The number of nitro groups is 1. The summed E-state index contributed by atoms with van der Waals surface area (Å²) in [4.78, 5) is 30.9. The Morgan fingerprint density at radius 3 is 2.42 bits per heavy atom. The summed E-state index contributed by atoms with van der Waals surface area (Å²) in [6.07, 6.45) is 1.64. The molecular formula is C27H19N3O5S. The number of anilines is 1. The van der Waals surface area contributed by atoms with Crippen LogP contribution in [-0.2, 0) is 4.79 Å². The lowest BCUT2D eigenvalue weighted by molar-refractivity contribution is -0.384. The second-order valence-corrected chi connectivity index (χ2v) is 8.67. The molecule has 1 aromatic heterocycles. The number of hydrogen-bond donors (Lipinski definition) is 0. The summed E-state index contributed by atoms with van der Waals surface area (Å²) < 4.78 is 11.3. The molecule has 1 aliphatic heterocycles. The van der Waals surface area contributed by atoms with Crippen molar-refractivity contribution in [1.29, 1.82) is 0 Å². The van der Waals surface area contributed by atoms with Gasteiger partial charge < -0.3 is 9.15 Å². The van der Waals surface area contributed by atoms with Crippen molar-refractivity contribution in [2.75, 3.05) is 12.0 Å². The third-order valence-electron chi connectivity index (χ3n) is 5.36. The smallest absolute Gasteiger partial charge is 0.271 e. The molecule has 0 bridgehead atoms. The molecule has 0 unspecified atom stereocenters. The van der Waals surface area contributed by atoms with Gasteiger partial charge in [-0.05, 0) is 54.2 Å². The van der Waals surface area contributed by atoms with Crippen LogP contribution in [0.15, 0.2) is 105 Å². The lowest BCUT2D eigenvalue weighted by Gasteiger charge is -2.15. The average molecular weight is 498 g/mol. The number of hydrogen-bond acceptors (Lipinski definition) is 7. The molecule has 0 aliphatic carbocycles. The van der Waals surface area contributed by atoms with Crippen LogP contribution in [0.25, 0.3) is 17.4 Å². The molecule has 0 N–H and O–H groups in total. The molecule has 3 aromatic carbocycles. The Balaban J connectivity index is 1.51. The number of rotatable bonds is 6. The normalized spacial score (nSPS) is 15.6. The molecular weight excluding hydrogens is 478 g/mol. The molecule has 1 aliphatic rings. The molecule has 0 radical (unpaired) electrons. The SMILES string of the molecule is COc1ccc([N+](=O)[O-])cc1-c1ccc(C=C2SC(=Nc3ccccc3)N(c3ccccc3)C2=O)o1. The maximum atomic E-state index is 13.4. The van der Waals surface area contributed by atoms with Crippen molar-refractivity contribution in [2.24, 2.45) is 4.99 Å². The summed E-state index contributed by atoms with van der Waals surface area (Å²) in [7, 11) is 1.48. The molecule has 178 valence electrons. The second kappa shape index (κ2) is 9.93. The summed E-state index contributed by atoms with van der Waals surface area (Å²) in [5.74, 6) is 1.01. The Labute approximate surface area is 210 Å². The van der Waals surface area contributed by atoms with Gasteiger partial charge >= 0.3 is 0 Å². The van der Waals surface area contributed by atoms with Crippen LogP contribution in [0, 0.1) is 10.1 Å². The molecule has 2 heterocycles. The minimum atomic E-state index is -0.478. The van der Waals surface area contributed by atoms with Crippen molar-refractivity contribution in [3.63, 3.8) is 0 Å². The fourth-order valence-electron chi connectivity index (χ4n) is 3.67. The first kappa shape index (κ1) is 23.1. The number of benzene rings is 3. The lowest BCUT2D eigenvalue weighted by Crippen LogP contribution is -2.28. The van der Waals surface area contributed by atoms with E-state index in [-0.39, 0.29) is 11.6 Å². The molecule has 1 fully saturated rings. The topological polar surface area (TPSA) is 98.2 Å². The average Bonchev–Trinajstić information content (AvgIpc) is 3.49. The predicted octanol–water partition coefficient (Wildman–Crippen LogP) is 6.67. The first-order valence-corrected chi connectivity index (χ1v) is 11.7. The van der Waals surface area contributed by atoms with Crippen LogP contribution in [0.3, 0.4) is 0 Å². The number of amidine groups is 1. The number of nitro benzene ring substituents is 1. The Morgan fingerprint density at radius 2 is 1.72 bits per heavy atom. The highest BCUT2D eigenvalue weighted by Gasteiger charge is 2.35. The number of methoxy groups -OCH3 is 1. The minimum Gasteiger partial charge on any atom is -0.496 e. The van der Waals surface area contributed by atoms with E-state index in [1.165, 1.54) is 37.1 Å². The van der Waals surface area contributed by atoms with E-state index in [1.54, 1.807) is 23.1 Å². The van der Waals surface area contributed by atoms with Gasteiger partial charge in [0.05, 0.1) is 33.9 Å². The summed E-state index contributed by atoms with van der Waals surface area (Å²) in [5.41, 5.74) is 1.80. The standard InChI is InChI=1S/C27H19N3O5S/c1-34-23-14-12-20(30(32)33)16-22(23)24-15-13-21(35-24)17-25-26(31)29(19-10-6-3-7-11-19)27(36-25)28-18-8-4-2-5-9-18/h2-17H,1H3. The van der Waals surface area contributed by atoms with E-state index in [0.717, 1.165) is 5.69 Å². The summed E-state index contributed by atoms with van der Waals surface area (Å²) in [6.45, 7) is 0. The van der Waals surface area contributed by atoms with Crippen LogP contribution >= 0.6 is 11.8 Å². The number of non-ortho nitro benzene ring substituents is 1. The number of para-hydroxylation sites is 2. The van der Waals surface area contributed by atoms with Crippen LogP contribution in [0.1, 0.15) is 5.76 Å². The molecule has 8 nitrogen and oxygen atoms in total. The van der Waals surface area contributed by atoms with E-state index in [4.69, 9.17) is 14.1 Å². The van der Waals surface area contributed by atoms with Crippen molar-refractivity contribution in [3.05, 3.63) is 112 Å². The third-order valence-corrected chi connectivity index (χ3v) is 6.33. The van der Waals surface area contributed by atoms with Crippen LogP contribution in [0.4, 0.5) is 17.1 Å². The Hall–Kier alpha value is -4.63. The number of ether oxygens (including phenoxy) is 1. The monoisotopic (exact) mass is 497 g/mol. The molecule has 1 saturated heterocycles. The zero-order valence-corrected chi connectivity index (χ0v) is 19.8. The maximum Gasteiger partial charge on any atom is 0.271 e. The second-order valence-electron chi connectivity index (χ2n) is 7.66. The lowest BCUT2D eigenvalue weighted by atomic mass is 10.1. The third kappa shape index (κ3) is 4.64. The van der Waals surface area contributed by atoms with Gasteiger partial charge in [-0.1, -0.05) is 36.4 Å². The van der Waals surface area contributed by atoms with E-state index in [9.17, 15) is 14.9 Å². The maximum absolute atomic E-state index is 13.4. The van der Waals surface area contributed by atoms with Gasteiger partial charge in [-0.15, -0.1) is 0 Å². The van der Waals surface area contributed by atoms with Crippen LogP contribution in [0.2, 0.25) is 0 Å². The molecule has 0 saturated carbocycles. The Bertz CT molecular complexity index is 1500. The molecule has 5 rings (SSSR count). The Morgan fingerprint density at radius 1 is 1.00 bits per heavy atom. The number of carbonyl (C=O) groups is 1. The van der Waals surface area contributed by atoms with Gasteiger partial charge in [0.1, 0.15) is 17.3 Å². The van der Waals surface area contributed by atoms with Crippen LogP contribution < -0.4 is 9.64 Å². The highest BCUT2D eigenvalue weighted by Crippen LogP contribution is 2.39. The van der Waals surface area contributed by atoms with Crippen molar-refractivity contribution >= 4 is 46.0 Å². The zero-order valence-electron chi connectivity index (χ0n) is 19.0. The number of aliphatic imine (C=N–C) groups is 1. The molecule has 9 heteroatoms. The molecule has 1 amide bonds. The summed E-state index contributed by atoms with van der Waals surface area (Å²) in [6, 6.07) is 26.4. The molecule has 0 atom stereocenters. The van der Waals surface area contributed by atoms with E-state index in [0.29, 0.717) is 38.6 Å². The highest BCUT2D eigenvalue weighted by atomic mass is 32.2. The van der Waals surface area contributed by atoms with E-state index in [1.807, 2.05) is 60.7 Å². The van der Waals surface area contributed by atoms with Gasteiger partial charge in [0.25, 0.3) is 11.6 Å². The number of thioether (sulfide) groups is 1. The highest BCUT2D eigenvalue weighted by molar-refractivity contribution is 8.19. The van der Waals surface area contributed by atoms with Crippen LogP contribution in [0.5, 0.6) is 5.75 Å². The van der Waals surface area contributed by atoms with Gasteiger partial charge in [0.2, 0.25) is 0 Å². The molecule has 0 spiro atoms. The largest absolute Gasteiger partial charge is 0.496 e. The van der Waals surface area contributed by atoms with Crippen LogP contribution in [-0.4, -0.2) is 23.1 Å². The van der Waals surface area contributed by atoms with Crippen molar-refractivity contribution in [1.82, 2.24) is 0 Å². The first-order valence-electron chi connectivity index (χ1n) is 10.9. The van der Waals surface area contributed by atoms with Gasteiger partial charge in [0.15, 0.2) is 5.17 Å². The van der Waals surface area contributed by atoms with Gasteiger partial charge in [-0.2, -0.15) is 0 Å². The van der Waals surface area contributed by atoms with Crippen molar-refractivity contribution in [2.45, 2.75) is 0 Å². The molecule has 36 heavy (non-hydrogen) atoms. The number of amides is 1. The van der Waals surface area contributed by atoms with Gasteiger partial charge in [-0.25, -0.2) is 4.99 Å². The van der Waals surface area contributed by atoms with Crippen molar-refractivity contribution < 1.29 is 18.9 Å². The fraction of sp³-hybridized carbons (Fsp3) is 0.0370. The Kier molecular flexibility index (Phi) is 6.38. The zero-order chi connectivity index (χ0) is 25.1. The van der Waals surface area contributed by atoms with Gasteiger partial charge in [-0.3, -0.25) is 19.8 Å². The predicted molar refractivity (Wildman–Crippen MR) is 140 cm³/mol.